The van der Waals surface area contributed by atoms with Crippen LogP contribution in [0.3, 0.4) is 0 Å². The molecule has 14 heteroatoms. The number of rotatable bonds is 19. The van der Waals surface area contributed by atoms with Crippen molar-refractivity contribution >= 4 is 46.2 Å². The molecular formula is C47H71ClN2O9Si2. The Morgan fingerprint density at radius 1 is 0.787 bits per heavy atom. The van der Waals surface area contributed by atoms with Crippen LogP contribution in [0.5, 0.6) is 17.2 Å². The summed E-state index contributed by atoms with van der Waals surface area (Å²) in [5, 5.41) is 5.69. The Kier molecular flexibility index (Phi) is 18.0. The molecule has 0 radical (unpaired) electrons. The molecule has 0 unspecified atom stereocenters. The number of methoxy groups -OCH3 is 1. The van der Waals surface area contributed by atoms with E-state index in [-0.39, 0.29) is 39.9 Å². The van der Waals surface area contributed by atoms with Crippen molar-refractivity contribution in [3.05, 3.63) is 88.4 Å². The van der Waals surface area contributed by atoms with Crippen LogP contribution < -0.4 is 24.5 Å². The van der Waals surface area contributed by atoms with Crippen molar-refractivity contribution in [2.24, 2.45) is 0 Å². The summed E-state index contributed by atoms with van der Waals surface area (Å²) in [5.41, 5.74) is 1.19. The number of esters is 1. The van der Waals surface area contributed by atoms with Gasteiger partial charge in [-0.1, -0.05) is 116 Å². The molecule has 3 aromatic carbocycles. The zero-order valence-electron chi connectivity index (χ0n) is 39.3. The number of ether oxygens (including phenoxy) is 4. The third-order valence-corrected chi connectivity index (χ3v) is 22.1. The van der Waals surface area contributed by atoms with E-state index >= 15 is 0 Å². The Hall–Kier alpha value is -4.05. The SMILES string of the molecule is CCOC(=O)[C@@H](NC(=O)[C@H](NC(=O)OC(C)(C)C)c1ccc(OC)cc1)[C@H](O[Si](C(C)C)(C(C)C)C(C)C)c1ccc(OCc2ccccc2)c(Cl)c1O[Si](C)(C)C(C)(C)C. The fourth-order valence-corrected chi connectivity index (χ4v) is 14.2. The number of hydrogen-bond acceptors (Lipinski definition) is 9. The van der Waals surface area contributed by atoms with Crippen molar-refractivity contribution in [2.45, 2.75) is 155 Å². The number of benzene rings is 3. The van der Waals surface area contributed by atoms with Gasteiger partial charge in [0.1, 0.15) is 46.6 Å². The Balaban J connectivity index is 2.41. The fraction of sp³-hybridized carbons (Fsp3) is 0.553. The Morgan fingerprint density at radius 2 is 1.36 bits per heavy atom. The minimum Gasteiger partial charge on any atom is -0.542 e. The van der Waals surface area contributed by atoms with E-state index in [2.05, 4.69) is 86.0 Å². The van der Waals surface area contributed by atoms with Gasteiger partial charge in [0, 0.05) is 5.56 Å². The lowest BCUT2D eigenvalue weighted by molar-refractivity contribution is -0.151. The Labute approximate surface area is 372 Å². The van der Waals surface area contributed by atoms with E-state index in [0.29, 0.717) is 28.4 Å². The number of carbonyl (C=O) groups excluding carboxylic acids is 3. The van der Waals surface area contributed by atoms with Gasteiger partial charge in [0.25, 0.3) is 8.32 Å². The summed E-state index contributed by atoms with van der Waals surface area (Å²) in [6, 6.07) is 17.3. The van der Waals surface area contributed by atoms with E-state index in [4.69, 9.17) is 39.4 Å². The van der Waals surface area contributed by atoms with Crippen molar-refractivity contribution in [3.63, 3.8) is 0 Å². The first-order valence-corrected chi connectivity index (χ1v) is 26.7. The lowest BCUT2D eigenvalue weighted by Crippen LogP contribution is -2.56. The van der Waals surface area contributed by atoms with Crippen molar-refractivity contribution in [1.29, 1.82) is 0 Å². The van der Waals surface area contributed by atoms with Crippen molar-refractivity contribution in [1.82, 2.24) is 10.6 Å². The molecule has 0 aliphatic carbocycles. The zero-order valence-corrected chi connectivity index (χ0v) is 42.0. The summed E-state index contributed by atoms with van der Waals surface area (Å²) < 4.78 is 37.8. The van der Waals surface area contributed by atoms with E-state index in [0.717, 1.165) is 5.56 Å². The van der Waals surface area contributed by atoms with Gasteiger partial charge in [-0.15, -0.1) is 0 Å². The van der Waals surface area contributed by atoms with E-state index in [9.17, 15) is 14.4 Å². The van der Waals surface area contributed by atoms with Gasteiger partial charge in [-0.3, -0.25) is 4.79 Å². The molecule has 11 nitrogen and oxygen atoms in total. The molecular weight excluding hydrogens is 828 g/mol. The highest BCUT2D eigenvalue weighted by molar-refractivity contribution is 6.77. The van der Waals surface area contributed by atoms with Crippen LogP contribution in [0.25, 0.3) is 0 Å². The van der Waals surface area contributed by atoms with Crippen molar-refractivity contribution < 1.29 is 42.2 Å². The Morgan fingerprint density at radius 3 is 1.85 bits per heavy atom. The highest BCUT2D eigenvalue weighted by atomic mass is 35.5. The standard InChI is InChI=1S/C47H71ClN2O9Si2/c1-17-55-44(52)40(49-43(51)39(50-45(53)57-46(8,9)10)34-23-25-35(54-14)26-24-34)42(59-61(30(2)3,31(4)5)32(6)7)36-27-28-37(56-29-33-21-19-18-20-22-33)38(48)41(36)58-60(15,16)47(11,12)13/h18-28,30-32,39-40,42H,17,29H2,1-16H3,(H,49,51)(H,50,53)/t39-,40+,42-/m1/s1. The first-order valence-electron chi connectivity index (χ1n) is 21.3. The van der Waals surface area contributed by atoms with E-state index in [1.54, 1.807) is 58.0 Å². The topological polar surface area (TPSA) is 131 Å². The summed E-state index contributed by atoms with van der Waals surface area (Å²) in [7, 11) is -4.03. The zero-order chi connectivity index (χ0) is 46.1. The second-order valence-corrected chi connectivity index (χ2v) is 29.4. The number of nitrogens with one attached hydrogen (secondary N) is 2. The molecule has 0 aromatic heterocycles. The number of halogens is 1. The number of amides is 2. The van der Waals surface area contributed by atoms with Crippen LogP contribution in [0.4, 0.5) is 4.79 Å². The molecule has 0 aliphatic heterocycles. The predicted octanol–water partition coefficient (Wildman–Crippen LogP) is 11.9. The smallest absolute Gasteiger partial charge is 0.408 e. The third-order valence-electron chi connectivity index (χ3n) is 11.4. The summed E-state index contributed by atoms with van der Waals surface area (Å²) >= 11 is 7.41. The minimum atomic E-state index is -2.90. The largest absolute Gasteiger partial charge is 0.542 e. The molecule has 0 saturated carbocycles. The molecule has 3 aromatic rings. The highest BCUT2D eigenvalue weighted by Gasteiger charge is 2.51. The average molecular weight is 900 g/mol. The molecule has 0 bridgehead atoms. The maximum absolute atomic E-state index is 14.9. The van der Waals surface area contributed by atoms with E-state index in [1.165, 1.54) is 7.11 Å². The molecule has 2 amide bonds. The van der Waals surface area contributed by atoms with Crippen molar-refractivity contribution in [3.8, 4) is 17.2 Å². The van der Waals surface area contributed by atoms with Gasteiger partial charge >= 0.3 is 12.1 Å². The van der Waals surface area contributed by atoms with Crippen LogP contribution in [0, 0.1) is 0 Å². The second-order valence-electron chi connectivity index (χ2n) is 18.9. The van der Waals surface area contributed by atoms with Gasteiger partial charge in [-0.2, -0.15) is 0 Å². The number of alkyl carbamates (subject to hydrolysis) is 1. The maximum atomic E-state index is 14.9. The van der Waals surface area contributed by atoms with E-state index < -0.39 is 58.4 Å². The van der Waals surface area contributed by atoms with E-state index in [1.807, 2.05) is 36.4 Å². The molecule has 0 aliphatic rings. The molecule has 3 rings (SSSR count). The van der Waals surface area contributed by atoms with Crippen LogP contribution in [0.2, 0.25) is 39.8 Å². The molecule has 0 heterocycles. The van der Waals surface area contributed by atoms with Crippen LogP contribution in [0.1, 0.15) is 119 Å². The molecule has 61 heavy (non-hydrogen) atoms. The molecule has 0 saturated heterocycles. The third kappa shape index (κ3) is 13.2. The molecule has 338 valence electrons. The van der Waals surface area contributed by atoms with Crippen LogP contribution in [-0.2, 0) is 30.1 Å². The Bertz CT molecular complexity index is 1890. The lowest BCUT2D eigenvalue weighted by Gasteiger charge is -2.46. The first-order chi connectivity index (χ1) is 28.3. The number of hydrogen-bond donors (Lipinski definition) is 2. The summed E-state index contributed by atoms with van der Waals surface area (Å²) in [4.78, 5) is 42.8. The molecule has 2 N–H and O–H groups in total. The summed E-state index contributed by atoms with van der Waals surface area (Å²) in [6.45, 7) is 30.7. The van der Waals surface area contributed by atoms with Gasteiger partial charge in [-0.05, 0) is 97.8 Å². The van der Waals surface area contributed by atoms with Crippen LogP contribution >= 0.6 is 11.6 Å². The van der Waals surface area contributed by atoms with Crippen molar-refractivity contribution in [2.75, 3.05) is 13.7 Å². The molecule has 0 fully saturated rings. The fourth-order valence-electron chi connectivity index (χ4n) is 7.32. The van der Waals surface area contributed by atoms with Gasteiger partial charge in [0.05, 0.1) is 13.7 Å². The molecule has 0 spiro atoms. The van der Waals surface area contributed by atoms with Gasteiger partial charge in [-0.25, -0.2) is 9.59 Å². The number of carbonyl (C=O) groups is 3. The maximum Gasteiger partial charge on any atom is 0.408 e. The normalized spacial score (nSPS) is 14.0. The van der Waals surface area contributed by atoms with Crippen LogP contribution in [-0.4, -0.2) is 60.0 Å². The summed E-state index contributed by atoms with van der Waals surface area (Å²) in [6.07, 6.45) is -1.99. The summed E-state index contributed by atoms with van der Waals surface area (Å²) in [5.74, 6) is -0.179. The first kappa shape index (κ1) is 51.3. The highest BCUT2D eigenvalue weighted by Crippen LogP contribution is 2.51. The quantitative estimate of drug-likeness (QED) is 0.0892. The van der Waals surface area contributed by atoms with Crippen LogP contribution in [0.15, 0.2) is 66.7 Å². The average Bonchev–Trinajstić information content (AvgIpc) is 3.16. The second kappa shape index (κ2) is 21.4. The molecule has 3 atom stereocenters. The monoisotopic (exact) mass is 898 g/mol. The van der Waals surface area contributed by atoms with Gasteiger partial charge in [0.2, 0.25) is 14.2 Å². The van der Waals surface area contributed by atoms with Gasteiger partial charge < -0.3 is 38.4 Å². The predicted molar refractivity (Wildman–Crippen MR) is 249 cm³/mol. The minimum absolute atomic E-state index is 0.0252. The van der Waals surface area contributed by atoms with Gasteiger partial charge in [0.15, 0.2) is 6.04 Å². The lowest BCUT2D eigenvalue weighted by atomic mass is 9.99.